The second-order valence-electron chi connectivity index (χ2n) is 8.49. The molecule has 1 fully saturated rings. The summed E-state index contributed by atoms with van der Waals surface area (Å²) in [5, 5.41) is 7.60. The van der Waals surface area contributed by atoms with E-state index >= 15 is 0 Å². The molecular formula is C20H30N6O. The molecule has 0 spiro atoms. The van der Waals surface area contributed by atoms with Crippen LogP contribution in [-0.2, 0) is 4.79 Å². The van der Waals surface area contributed by atoms with Gasteiger partial charge in [0.25, 0.3) is 0 Å². The van der Waals surface area contributed by atoms with E-state index in [1.54, 1.807) is 6.20 Å². The summed E-state index contributed by atoms with van der Waals surface area (Å²) in [6.45, 7) is 12.3. The lowest BCUT2D eigenvalue weighted by atomic mass is 9.94. The molecular weight excluding hydrogens is 340 g/mol. The first-order valence-corrected chi connectivity index (χ1v) is 9.63. The number of aryl methyl sites for hydroxylation is 2. The van der Waals surface area contributed by atoms with Crippen LogP contribution in [0.3, 0.4) is 0 Å². The number of anilines is 1. The zero-order chi connectivity index (χ0) is 19.6. The molecule has 7 heteroatoms. The van der Waals surface area contributed by atoms with Crippen molar-refractivity contribution in [3.63, 3.8) is 0 Å². The molecule has 2 aromatic heterocycles. The highest BCUT2D eigenvalue weighted by Gasteiger charge is 2.25. The van der Waals surface area contributed by atoms with Crippen molar-refractivity contribution in [3.05, 3.63) is 29.8 Å². The van der Waals surface area contributed by atoms with E-state index in [-0.39, 0.29) is 11.3 Å². The van der Waals surface area contributed by atoms with Gasteiger partial charge in [-0.15, -0.1) is 0 Å². The number of amides is 1. The van der Waals surface area contributed by atoms with Crippen LogP contribution >= 0.6 is 0 Å². The highest BCUT2D eigenvalue weighted by atomic mass is 16.2. The number of piperidine rings is 1. The number of carbonyl (C=O) groups excluding carboxylic acids is 1. The normalized spacial score (nSPS) is 17.8. The maximum atomic E-state index is 12.1. The lowest BCUT2D eigenvalue weighted by Crippen LogP contribution is -2.43. The largest absolute Gasteiger partial charge is 0.355 e. The Balaban J connectivity index is 1.68. The molecule has 0 bridgehead atoms. The van der Waals surface area contributed by atoms with Gasteiger partial charge in [-0.2, -0.15) is 5.10 Å². The lowest BCUT2D eigenvalue weighted by Gasteiger charge is -2.34. The van der Waals surface area contributed by atoms with Gasteiger partial charge in [-0.3, -0.25) is 9.78 Å². The second kappa shape index (κ2) is 7.66. The monoisotopic (exact) mass is 370 g/mol. The zero-order valence-electron chi connectivity index (χ0n) is 17.0. The first-order valence-electron chi connectivity index (χ1n) is 9.63. The lowest BCUT2D eigenvalue weighted by molar-refractivity contribution is -0.128. The van der Waals surface area contributed by atoms with Crippen LogP contribution in [0.25, 0.3) is 5.82 Å². The Kier molecular flexibility index (Phi) is 5.48. The van der Waals surface area contributed by atoms with Gasteiger partial charge >= 0.3 is 0 Å². The summed E-state index contributed by atoms with van der Waals surface area (Å²) in [5.41, 5.74) is 1.65. The van der Waals surface area contributed by atoms with Gasteiger partial charge in [0.15, 0.2) is 5.82 Å². The second-order valence-corrected chi connectivity index (χ2v) is 8.49. The van der Waals surface area contributed by atoms with Gasteiger partial charge in [-0.1, -0.05) is 20.8 Å². The number of aromatic nitrogens is 4. The van der Waals surface area contributed by atoms with Gasteiger partial charge in [0, 0.05) is 30.7 Å². The van der Waals surface area contributed by atoms with Crippen LogP contribution in [0.15, 0.2) is 18.5 Å². The maximum Gasteiger partial charge on any atom is 0.225 e. The molecule has 3 rings (SSSR count). The maximum absolute atomic E-state index is 12.1. The number of rotatable bonds is 4. The highest BCUT2D eigenvalue weighted by Crippen LogP contribution is 2.22. The van der Waals surface area contributed by atoms with Crippen LogP contribution in [0.2, 0.25) is 0 Å². The minimum Gasteiger partial charge on any atom is -0.355 e. The van der Waals surface area contributed by atoms with E-state index in [4.69, 9.17) is 4.98 Å². The number of hydrogen-bond donors (Lipinski definition) is 1. The van der Waals surface area contributed by atoms with E-state index in [2.05, 4.69) is 20.3 Å². The first-order chi connectivity index (χ1) is 12.7. The van der Waals surface area contributed by atoms with Gasteiger partial charge in [0.1, 0.15) is 5.82 Å². The molecule has 1 unspecified atom stereocenters. The van der Waals surface area contributed by atoms with Crippen molar-refractivity contribution in [2.75, 3.05) is 24.5 Å². The van der Waals surface area contributed by atoms with E-state index in [0.717, 1.165) is 49.0 Å². The van der Waals surface area contributed by atoms with Crippen LogP contribution in [-0.4, -0.2) is 45.3 Å². The molecule has 27 heavy (non-hydrogen) atoms. The summed E-state index contributed by atoms with van der Waals surface area (Å²) in [6, 6.07) is 2.03. The van der Waals surface area contributed by atoms with Crippen molar-refractivity contribution in [1.29, 1.82) is 0 Å². The standard InChI is InChI=1S/C20H30N6O/c1-14-9-15(2)26(24-14)18-12-21-11-17(23-18)25-8-6-7-16(13-25)10-22-19(27)20(3,4)5/h9,11-12,16H,6-8,10,13H2,1-5H3,(H,22,27). The van der Waals surface area contributed by atoms with Gasteiger partial charge in [0.05, 0.1) is 18.1 Å². The third-order valence-electron chi connectivity index (χ3n) is 4.91. The molecule has 1 amide bonds. The first kappa shape index (κ1) is 19.3. The summed E-state index contributed by atoms with van der Waals surface area (Å²) in [5.74, 6) is 2.13. The quantitative estimate of drug-likeness (QED) is 0.895. The third-order valence-corrected chi connectivity index (χ3v) is 4.91. The zero-order valence-corrected chi connectivity index (χ0v) is 17.0. The summed E-state index contributed by atoms with van der Waals surface area (Å²) >= 11 is 0. The Morgan fingerprint density at radius 1 is 1.26 bits per heavy atom. The molecule has 146 valence electrons. The molecule has 3 heterocycles. The topological polar surface area (TPSA) is 75.9 Å². The van der Waals surface area contributed by atoms with Gasteiger partial charge in [0.2, 0.25) is 5.91 Å². The van der Waals surface area contributed by atoms with Crippen LogP contribution in [0, 0.1) is 25.2 Å². The molecule has 1 saturated heterocycles. The Hall–Kier alpha value is -2.44. The van der Waals surface area contributed by atoms with E-state index < -0.39 is 0 Å². The van der Waals surface area contributed by atoms with E-state index in [1.165, 1.54) is 0 Å². The van der Waals surface area contributed by atoms with Crippen molar-refractivity contribution in [2.45, 2.75) is 47.5 Å². The number of carbonyl (C=O) groups is 1. The van der Waals surface area contributed by atoms with Crippen LogP contribution in [0.1, 0.15) is 45.0 Å². The van der Waals surface area contributed by atoms with Gasteiger partial charge in [-0.05, 0) is 38.7 Å². The average molecular weight is 371 g/mol. The fourth-order valence-corrected chi connectivity index (χ4v) is 3.40. The molecule has 1 aliphatic rings. The molecule has 1 aliphatic heterocycles. The van der Waals surface area contributed by atoms with Crippen molar-refractivity contribution < 1.29 is 4.79 Å². The summed E-state index contributed by atoms with van der Waals surface area (Å²) < 4.78 is 1.83. The Labute approximate surface area is 161 Å². The molecule has 2 aromatic rings. The molecule has 7 nitrogen and oxygen atoms in total. The van der Waals surface area contributed by atoms with Gasteiger partial charge in [-0.25, -0.2) is 9.67 Å². The Morgan fingerprint density at radius 3 is 2.67 bits per heavy atom. The number of nitrogens with zero attached hydrogens (tertiary/aromatic N) is 5. The van der Waals surface area contributed by atoms with Crippen molar-refractivity contribution in [3.8, 4) is 5.82 Å². The average Bonchev–Trinajstić information content (AvgIpc) is 2.97. The Morgan fingerprint density at radius 2 is 2.00 bits per heavy atom. The Bertz CT molecular complexity index is 807. The summed E-state index contributed by atoms with van der Waals surface area (Å²) in [4.78, 5) is 23.6. The SMILES string of the molecule is Cc1cc(C)n(-c2cncc(N3CCCC(CNC(=O)C(C)(C)C)C3)n2)n1. The van der Waals surface area contributed by atoms with Crippen LogP contribution in [0.5, 0.6) is 0 Å². The molecule has 1 N–H and O–H groups in total. The predicted octanol–water partition coefficient (Wildman–Crippen LogP) is 2.66. The predicted molar refractivity (Wildman–Crippen MR) is 106 cm³/mol. The van der Waals surface area contributed by atoms with Crippen LogP contribution in [0.4, 0.5) is 5.82 Å². The molecule has 0 saturated carbocycles. The minimum atomic E-state index is -0.353. The van der Waals surface area contributed by atoms with E-state index in [9.17, 15) is 4.79 Å². The van der Waals surface area contributed by atoms with Crippen LogP contribution < -0.4 is 10.2 Å². The minimum absolute atomic E-state index is 0.103. The highest BCUT2D eigenvalue weighted by molar-refractivity contribution is 5.81. The van der Waals surface area contributed by atoms with E-state index in [1.807, 2.05) is 51.6 Å². The molecule has 0 aromatic carbocycles. The van der Waals surface area contributed by atoms with E-state index in [0.29, 0.717) is 12.5 Å². The smallest absolute Gasteiger partial charge is 0.225 e. The number of nitrogens with one attached hydrogen (secondary N) is 1. The molecule has 0 radical (unpaired) electrons. The fourth-order valence-electron chi connectivity index (χ4n) is 3.40. The molecule has 0 aliphatic carbocycles. The van der Waals surface area contributed by atoms with Crippen molar-refractivity contribution >= 4 is 11.7 Å². The van der Waals surface area contributed by atoms with Crippen molar-refractivity contribution in [2.24, 2.45) is 11.3 Å². The molecule has 1 atom stereocenters. The van der Waals surface area contributed by atoms with Crippen molar-refractivity contribution in [1.82, 2.24) is 25.1 Å². The summed E-state index contributed by atoms with van der Waals surface area (Å²) in [7, 11) is 0. The third kappa shape index (κ3) is 4.64. The van der Waals surface area contributed by atoms with Gasteiger partial charge < -0.3 is 10.2 Å². The fraction of sp³-hybridized carbons (Fsp3) is 0.600. The summed E-state index contributed by atoms with van der Waals surface area (Å²) in [6.07, 6.45) is 5.76. The number of hydrogen-bond acceptors (Lipinski definition) is 5.